The highest BCUT2D eigenvalue weighted by Crippen LogP contribution is 2.30. The van der Waals surface area contributed by atoms with Crippen molar-refractivity contribution in [3.8, 4) is 23.0 Å². The molecule has 0 radical (unpaired) electrons. The molecule has 0 heterocycles. The molecular formula is C38H32N4O4. The number of hydrogen-bond acceptors (Lipinski definition) is 8. The third kappa shape index (κ3) is 7.89. The molecule has 0 aliphatic rings. The average Bonchev–Trinajstić information content (AvgIpc) is 3.08. The van der Waals surface area contributed by atoms with Gasteiger partial charge in [-0.25, -0.2) is 0 Å². The van der Waals surface area contributed by atoms with E-state index in [0.29, 0.717) is 68.0 Å². The SMILES string of the molecule is Nc1ccc(C(=O)c2ccc(Oc3ccccc3)c(N)c2)cc1.Nc1cccc(C(=O)c2ccc(N)c(Oc3ccccc3)c2)c1. The van der Waals surface area contributed by atoms with Crippen LogP contribution in [-0.4, -0.2) is 11.6 Å². The van der Waals surface area contributed by atoms with Gasteiger partial charge in [0.1, 0.15) is 17.2 Å². The van der Waals surface area contributed by atoms with E-state index in [1.165, 1.54) is 0 Å². The van der Waals surface area contributed by atoms with E-state index in [1.807, 2.05) is 60.7 Å². The van der Waals surface area contributed by atoms with Crippen molar-refractivity contribution in [1.82, 2.24) is 0 Å². The number of rotatable bonds is 8. The molecule has 6 rings (SSSR count). The van der Waals surface area contributed by atoms with Gasteiger partial charge in [-0.2, -0.15) is 0 Å². The number of benzene rings is 6. The lowest BCUT2D eigenvalue weighted by atomic mass is 10.0. The summed E-state index contributed by atoms with van der Waals surface area (Å²) in [6.07, 6.45) is 0. The van der Waals surface area contributed by atoms with E-state index >= 15 is 0 Å². The van der Waals surface area contributed by atoms with Crippen molar-refractivity contribution in [3.63, 3.8) is 0 Å². The molecule has 0 atom stereocenters. The van der Waals surface area contributed by atoms with Crippen molar-refractivity contribution < 1.29 is 19.1 Å². The summed E-state index contributed by atoms with van der Waals surface area (Å²) >= 11 is 0. The first kappa shape index (κ1) is 30.9. The van der Waals surface area contributed by atoms with Gasteiger partial charge in [0.05, 0.1) is 11.4 Å². The van der Waals surface area contributed by atoms with Crippen LogP contribution in [0.5, 0.6) is 23.0 Å². The highest BCUT2D eigenvalue weighted by Gasteiger charge is 2.13. The van der Waals surface area contributed by atoms with E-state index in [2.05, 4.69) is 0 Å². The molecular weight excluding hydrogens is 576 g/mol. The van der Waals surface area contributed by atoms with Gasteiger partial charge in [-0.15, -0.1) is 0 Å². The van der Waals surface area contributed by atoms with Gasteiger partial charge in [-0.3, -0.25) is 9.59 Å². The summed E-state index contributed by atoms with van der Waals surface area (Å²) in [4.78, 5) is 25.0. The topological polar surface area (TPSA) is 157 Å². The number of nitrogen functional groups attached to an aromatic ring is 4. The van der Waals surface area contributed by atoms with Crippen LogP contribution in [0.3, 0.4) is 0 Å². The summed E-state index contributed by atoms with van der Waals surface area (Å²) in [5.41, 5.74) is 27.5. The predicted molar refractivity (Wildman–Crippen MR) is 183 cm³/mol. The normalized spacial score (nSPS) is 10.3. The van der Waals surface area contributed by atoms with Crippen molar-refractivity contribution in [1.29, 1.82) is 0 Å². The van der Waals surface area contributed by atoms with Gasteiger partial charge in [0, 0.05) is 33.6 Å². The van der Waals surface area contributed by atoms with Gasteiger partial charge in [-0.05, 0) is 97.1 Å². The third-order valence-corrected chi connectivity index (χ3v) is 6.81. The Morgan fingerprint density at radius 1 is 0.391 bits per heavy atom. The quantitative estimate of drug-likeness (QED) is 0.101. The minimum atomic E-state index is -0.129. The van der Waals surface area contributed by atoms with Crippen molar-refractivity contribution in [3.05, 3.63) is 168 Å². The maximum absolute atomic E-state index is 12.6. The van der Waals surface area contributed by atoms with Crippen LogP contribution < -0.4 is 32.4 Å². The van der Waals surface area contributed by atoms with Crippen LogP contribution in [-0.2, 0) is 0 Å². The van der Waals surface area contributed by atoms with Gasteiger partial charge in [0.2, 0.25) is 0 Å². The highest BCUT2D eigenvalue weighted by molar-refractivity contribution is 6.10. The Bertz CT molecular complexity index is 1960. The van der Waals surface area contributed by atoms with E-state index in [9.17, 15) is 9.59 Å². The summed E-state index contributed by atoms with van der Waals surface area (Å²) in [5, 5.41) is 0. The van der Waals surface area contributed by atoms with Crippen LogP contribution in [0, 0.1) is 0 Å². The molecule has 0 unspecified atom stereocenters. The zero-order valence-electron chi connectivity index (χ0n) is 24.8. The molecule has 0 spiro atoms. The molecule has 0 saturated heterocycles. The van der Waals surface area contributed by atoms with Gasteiger partial charge in [0.15, 0.2) is 17.3 Å². The Morgan fingerprint density at radius 3 is 1.52 bits per heavy atom. The lowest BCUT2D eigenvalue weighted by Crippen LogP contribution is -2.03. The third-order valence-electron chi connectivity index (χ3n) is 6.81. The Hall–Kier alpha value is -6.54. The molecule has 0 fully saturated rings. The second-order valence-electron chi connectivity index (χ2n) is 10.2. The maximum Gasteiger partial charge on any atom is 0.193 e. The average molecular weight is 609 g/mol. The van der Waals surface area contributed by atoms with Crippen LogP contribution >= 0.6 is 0 Å². The fourth-order valence-corrected chi connectivity index (χ4v) is 4.43. The largest absolute Gasteiger partial charge is 0.455 e. The smallest absolute Gasteiger partial charge is 0.193 e. The van der Waals surface area contributed by atoms with E-state index in [1.54, 1.807) is 84.9 Å². The Labute approximate surface area is 266 Å². The summed E-state index contributed by atoms with van der Waals surface area (Å²) in [5.74, 6) is 2.08. The first-order valence-electron chi connectivity index (χ1n) is 14.3. The molecule has 6 aromatic carbocycles. The van der Waals surface area contributed by atoms with E-state index < -0.39 is 0 Å². The summed E-state index contributed by atoms with van der Waals surface area (Å²) in [7, 11) is 0. The van der Waals surface area contributed by atoms with Crippen molar-refractivity contribution in [2.24, 2.45) is 0 Å². The maximum atomic E-state index is 12.6. The minimum Gasteiger partial charge on any atom is -0.455 e. The number of carbonyl (C=O) groups excluding carboxylic acids is 2. The van der Waals surface area contributed by atoms with Crippen molar-refractivity contribution >= 4 is 34.3 Å². The Balaban J connectivity index is 0.000000181. The second-order valence-corrected chi connectivity index (χ2v) is 10.2. The predicted octanol–water partition coefficient (Wildman–Crippen LogP) is 7.75. The molecule has 8 heteroatoms. The first-order chi connectivity index (χ1) is 22.3. The molecule has 0 saturated carbocycles. The van der Waals surface area contributed by atoms with Crippen molar-refractivity contribution in [2.75, 3.05) is 22.9 Å². The molecule has 0 amide bonds. The van der Waals surface area contributed by atoms with Gasteiger partial charge >= 0.3 is 0 Å². The highest BCUT2D eigenvalue weighted by atomic mass is 16.5. The lowest BCUT2D eigenvalue weighted by molar-refractivity contribution is 0.103. The summed E-state index contributed by atoms with van der Waals surface area (Å²) in [6.45, 7) is 0. The number of anilines is 4. The molecule has 228 valence electrons. The number of nitrogens with two attached hydrogens (primary N) is 4. The number of ketones is 2. The molecule has 0 aliphatic carbocycles. The Kier molecular flexibility index (Phi) is 9.60. The number of carbonyl (C=O) groups is 2. The lowest BCUT2D eigenvalue weighted by Gasteiger charge is -2.10. The fourth-order valence-electron chi connectivity index (χ4n) is 4.43. The Morgan fingerprint density at radius 2 is 0.913 bits per heavy atom. The van der Waals surface area contributed by atoms with E-state index in [4.69, 9.17) is 32.4 Å². The van der Waals surface area contributed by atoms with Crippen LogP contribution in [0.15, 0.2) is 146 Å². The number of para-hydroxylation sites is 2. The molecule has 8 nitrogen and oxygen atoms in total. The van der Waals surface area contributed by atoms with E-state index in [0.717, 1.165) is 0 Å². The zero-order chi connectivity index (χ0) is 32.5. The standard InChI is InChI=1S/2C19H16N2O2/c20-15-6-4-5-13(11-15)19(22)14-9-10-17(21)18(12-14)23-16-7-2-1-3-8-16;20-15-9-6-13(7-10-15)19(22)14-8-11-18(17(21)12-14)23-16-4-2-1-3-5-16/h2*1-12H,20-21H2. The van der Waals surface area contributed by atoms with Gasteiger partial charge < -0.3 is 32.4 Å². The number of hydrogen-bond donors (Lipinski definition) is 4. The zero-order valence-corrected chi connectivity index (χ0v) is 24.8. The molecule has 0 aromatic heterocycles. The van der Waals surface area contributed by atoms with Crippen molar-refractivity contribution in [2.45, 2.75) is 0 Å². The van der Waals surface area contributed by atoms with Crippen LogP contribution in [0.4, 0.5) is 22.7 Å². The summed E-state index contributed by atoms with van der Waals surface area (Å²) < 4.78 is 11.5. The molecule has 6 aromatic rings. The van der Waals surface area contributed by atoms with Crippen LogP contribution in [0.2, 0.25) is 0 Å². The van der Waals surface area contributed by atoms with E-state index in [-0.39, 0.29) is 11.6 Å². The van der Waals surface area contributed by atoms with Gasteiger partial charge in [-0.1, -0.05) is 48.5 Å². The molecule has 0 aliphatic heterocycles. The molecule has 0 bridgehead atoms. The first-order valence-corrected chi connectivity index (χ1v) is 14.3. The second kappa shape index (κ2) is 14.3. The summed E-state index contributed by atoms with van der Waals surface area (Å²) in [6, 6.07) is 42.3. The molecule has 46 heavy (non-hydrogen) atoms. The molecule has 8 N–H and O–H groups in total. The van der Waals surface area contributed by atoms with Crippen LogP contribution in [0.25, 0.3) is 0 Å². The fraction of sp³-hybridized carbons (Fsp3) is 0. The van der Waals surface area contributed by atoms with Crippen LogP contribution in [0.1, 0.15) is 31.8 Å². The number of ether oxygens (including phenoxy) is 2. The minimum absolute atomic E-state index is 0.108. The monoisotopic (exact) mass is 608 g/mol. The van der Waals surface area contributed by atoms with Gasteiger partial charge in [0.25, 0.3) is 0 Å².